The molecule has 94 valence electrons. The highest BCUT2D eigenvalue weighted by Gasteiger charge is 2.30. The minimum absolute atomic E-state index is 0.252. The Labute approximate surface area is 101 Å². The summed E-state index contributed by atoms with van der Waals surface area (Å²) in [6, 6.07) is 4.96. The molecule has 1 aliphatic heterocycles. The summed E-state index contributed by atoms with van der Waals surface area (Å²) in [5.41, 5.74) is 6.86. The molecule has 0 amide bonds. The highest BCUT2D eigenvalue weighted by Crippen LogP contribution is 2.25. The molecular formula is C11H16N2O3S. The molecule has 17 heavy (non-hydrogen) atoms. The van der Waals surface area contributed by atoms with Crippen molar-refractivity contribution in [1.29, 1.82) is 0 Å². The lowest BCUT2D eigenvalue weighted by Gasteiger charge is -2.17. The van der Waals surface area contributed by atoms with E-state index in [0.29, 0.717) is 25.3 Å². The van der Waals surface area contributed by atoms with Crippen molar-refractivity contribution < 1.29 is 13.3 Å². The number of hydrogen-bond donors (Lipinski definition) is 1. The summed E-state index contributed by atoms with van der Waals surface area (Å²) in [5, 5.41) is 0. The van der Waals surface area contributed by atoms with Crippen LogP contribution >= 0.6 is 0 Å². The first-order valence-corrected chi connectivity index (χ1v) is 7.03. The number of nitrogen functional groups attached to an aromatic ring is 1. The van der Waals surface area contributed by atoms with Crippen molar-refractivity contribution in [2.24, 2.45) is 0 Å². The van der Waals surface area contributed by atoms with Gasteiger partial charge in [-0.1, -0.05) is 17.5 Å². The molecular weight excluding hydrogens is 240 g/mol. The number of sulfonamides is 1. The van der Waals surface area contributed by atoms with Crippen LogP contribution in [0.3, 0.4) is 0 Å². The van der Waals surface area contributed by atoms with Gasteiger partial charge < -0.3 is 5.73 Å². The van der Waals surface area contributed by atoms with E-state index in [1.54, 1.807) is 12.1 Å². The molecule has 0 aliphatic carbocycles. The highest BCUT2D eigenvalue weighted by atomic mass is 32.2. The fourth-order valence-electron chi connectivity index (χ4n) is 1.83. The predicted octanol–water partition coefficient (Wildman–Crippen LogP) is 1.16. The van der Waals surface area contributed by atoms with Crippen molar-refractivity contribution in [2.75, 3.05) is 18.9 Å². The van der Waals surface area contributed by atoms with Crippen LogP contribution in [0.5, 0.6) is 0 Å². The lowest BCUT2D eigenvalue weighted by molar-refractivity contribution is -0.0285. The van der Waals surface area contributed by atoms with Gasteiger partial charge in [0.2, 0.25) is 0 Å². The maximum absolute atomic E-state index is 12.3. The Morgan fingerprint density at radius 3 is 2.82 bits per heavy atom. The summed E-state index contributed by atoms with van der Waals surface area (Å²) in [6.07, 6.45) is 1.37. The van der Waals surface area contributed by atoms with Crippen molar-refractivity contribution in [3.8, 4) is 0 Å². The van der Waals surface area contributed by atoms with Crippen molar-refractivity contribution in [1.82, 2.24) is 4.47 Å². The first-order chi connectivity index (χ1) is 8.05. The molecule has 5 nitrogen and oxygen atoms in total. The molecule has 0 atom stereocenters. The van der Waals surface area contributed by atoms with Crippen LogP contribution in [0.2, 0.25) is 0 Å². The van der Waals surface area contributed by atoms with Gasteiger partial charge in [0.1, 0.15) is 0 Å². The Morgan fingerprint density at radius 2 is 2.24 bits per heavy atom. The second-order valence-corrected chi connectivity index (χ2v) is 5.74. The van der Waals surface area contributed by atoms with E-state index in [9.17, 15) is 8.42 Å². The normalized spacial score (nSPS) is 17.5. The molecule has 1 aromatic carbocycles. The van der Waals surface area contributed by atoms with E-state index >= 15 is 0 Å². The van der Waals surface area contributed by atoms with Gasteiger partial charge in [-0.3, -0.25) is 4.84 Å². The quantitative estimate of drug-likeness (QED) is 0.824. The zero-order valence-electron chi connectivity index (χ0n) is 9.72. The van der Waals surface area contributed by atoms with Gasteiger partial charge in [-0.25, -0.2) is 8.42 Å². The van der Waals surface area contributed by atoms with Gasteiger partial charge in [-0.2, -0.15) is 0 Å². The number of benzene rings is 1. The zero-order chi connectivity index (χ0) is 12.5. The molecule has 0 unspecified atom stereocenters. The van der Waals surface area contributed by atoms with Gasteiger partial charge >= 0.3 is 0 Å². The summed E-state index contributed by atoms with van der Waals surface area (Å²) >= 11 is 0. The summed E-state index contributed by atoms with van der Waals surface area (Å²) in [7, 11) is -3.57. The van der Waals surface area contributed by atoms with E-state index in [-0.39, 0.29) is 4.90 Å². The Kier molecular flexibility index (Phi) is 3.37. The molecule has 0 radical (unpaired) electrons. The Bertz CT molecular complexity index is 507. The van der Waals surface area contributed by atoms with E-state index < -0.39 is 10.0 Å². The Balaban J connectivity index is 2.47. The molecule has 0 bridgehead atoms. The van der Waals surface area contributed by atoms with Gasteiger partial charge in [0, 0.05) is 12.2 Å². The number of aryl methyl sites for hydroxylation is 1. The second-order valence-electron chi connectivity index (χ2n) is 3.94. The van der Waals surface area contributed by atoms with Crippen molar-refractivity contribution in [3.05, 3.63) is 23.8 Å². The number of anilines is 1. The molecule has 2 N–H and O–H groups in total. The number of hydrogen-bond acceptors (Lipinski definition) is 4. The van der Waals surface area contributed by atoms with Crippen LogP contribution in [-0.4, -0.2) is 26.0 Å². The molecule has 0 spiro atoms. The molecule has 1 heterocycles. The second kappa shape index (κ2) is 4.64. The molecule has 6 heteroatoms. The van der Waals surface area contributed by atoms with E-state index in [1.807, 2.05) is 6.92 Å². The van der Waals surface area contributed by atoms with Crippen molar-refractivity contribution in [2.45, 2.75) is 24.7 Å². The molecule has 1 fully saturated rings. The van der Waals surface area contributed by atoms with E-state index in [2.05, 4.69) is 0 Å². The average molecular weight is 256 g/mol. The monoisotopic (exact) mass is 256 g/mol. The SMILES string of the molecule is CCc1ccc(N)cc1S(=O)(=O)N1CCCO1. The first kappa shape index (κ1) is 12.3. The smallest absolute Gasteiger partial charge is 0.265 e. The predicted molar refractivity (Wildman–Crippen MR) is 64.7 cm³/mol. The summed E-state index contributed by atoms with van der Waals surface area (Å²) < 4.78 is 25.7. The van der Waals surface area contributed by atoms with Crippen LogP contribution in [-0.2, 0) is 21.3 Å². The minimum Gasteiger partial charge on any atom is -0.399 e. The van der Waals surface area contributed by atoms with Crippen molar-refractivity contribution >= 4 is 15.7 Å². The molecule has 2 rings (SSSR count). The van der Waals surface area contributed by atoms with Gasteiger partial charge in [-0.15, -0.1) is 0 Å². The lowest BCUT2D eigenvalue weighted by atomic mass is 10.1. The number of rotatable bonds is 3. The van der Waals surface area contributed by atoms with E-state index in [1.165, 1.54) is 6.07 Å². The van der Waals surface area contributed by atoms with Gasteiger partial charge in [0.15, 0.2) is 0 Å². The largest absolute Gasteiger partial charge is 0.399 e. The fraction of sp³-hybridized carbons (Fsp3) is 0.455. The van der Waals surface area contributed by atoms with Crippen LogP contribution in [0, 0.1) is 0 Å². The van der Waals surface area contributed by atoms with Gasteiger partial charge in [0.25, 0.3) is 10.0 Å². The molecule has 0 aromatic heterocycles. The first-order valence-electron chi connectivity index (χ1n) is 5.59. The van der Waals surface area contributed by atoms with E-state index in [4.69, 9.17) is 10.6 Å². The zero-order valence-corrected chi connectivity index (χ0v) is 10.5. The summed E-state index contributed by atoms with van der Waals surface area (Å²) in [6.45, 7) is 2.76. The fourth-order valence-corrected chi connectivity index (χ4v) is 3.46. The maximum Gasteiger partial charge on any atom is 0.265 e. The third-order valence-electron chi connectivity index (χ3n) is 2.74. The third kappa shape index (κ3) is 2.29. The number of nitrogens with zero attached hydrogens (tertiary/aromatic N) is 1. The molecule has 1 saturated heterocycles. The maximum atomic E-state index is 12.3. The Morgan fingerprint density at radius 1 is 1.47 bits per heavy atom. The van der Waals surface area contributed by atoms with Crippen LogP contribution in [0.1, 0.15) is 18.9 Å². The standard InChI is InChI=1S/C11H16N2O3S/c1-2-9-4-5-10(12)8-11(9)17(14,15)13-6-3-7-16-13/h4-5,8H,2-3,6-7,12H2,1H3. The topological polar surface area (TPSA) is 72.6 Å². The minimum atomic E-state index is -3.57. The number of nitrogens with two attached hydrogens (primary N) is 1. The van der Waals surface area contributed by atoms with Gasteiger partial charge in [0.05, 0.1) is 11.5 Å². The molecule has 1 aliphatic rings. The van der Waals surface area contributed by atoms with Crippen molar-refractivity contribution in [3.63, 3.8) is 0 Å². The third-order valence-corrected chi connectivity index (χ3v) is 4.50. The summed E-state index contributed by atoms with van der Waals surface area (Å²) in [5.74, 6) is 0. The Hall–Kier alpha value is -1.11. The molecule has 1 aromatic rings. The van der Waals surface area contributed by atoms with Gasteiger partial charge in [-0.05, 0) is 30.5 Å². The van der Waals surface area contributed by atoms with Crippen LogP contribution in [0.4, 0.5) is 5.69 Å². The molecule has 0 saturated carbocycles. The number of hydroxylamine groups is 1. The average Bonchev–Trinajstić information content (AvgIpc) is 2.83. The van der Waals surface area contributed by atoms with Crippen LogP contribution in [0.25, 0.3) is 0 Å². The van der Waals surface area contributed by atoms with E-state index in [0.717, 1.165) is 16.5 Å². The van der Waals surface area contributed by atoms with Crippen LogP contribution < -0.4 is 5.73 Å². The summed E-state index contributed by atoms with van der Waals surface area (Å²) in [4.78, 5) is 5.37. The lowest BCUT2D eigenvalue weighted by Crippen LogP contribution is -2.27. The highest BCUT2D eigenvalue weighted by molar-refractivity contribution is 7.89. The van der Waals surface area contributed by atoms with Crippen LogP contribution in [0.15, 0.2) is 23.1 Å².